The highest BCUT2D eigenvalue weighted by molar-refractivity contribution is 6.06. The van der Waals surface area contributed by atoms with E-state index in [-0.39, 0.29) is 17.4 Å². The summed E-state index contributed by atoms with van der Waals surface area (Å²) in [6, 6.07) is 9.06. The second kappa shape index (κ2) is 6.49. The van der Waals surface area contributed by atoms with E-state index in [0.29, 0.717) is 22.9 Å². The van der Waals surface area contributed by atoms with Crippen LogP contribution >= 0.6 is 0 Å². The zero-order chi connectivity index (χ0) is 17.1. The van der Waals surface area contributed by atoms with Gasteiger partial charge in [0.05, 0.1) is 0 Å². The van der Waals surface area contributed by atoms with Crippen molar-refractivity contribution in [1.29, 1.82) is 0 Å². The highest BCUT2D eigenvalue weighted by Crippen LogP contribution is 2.18. The van der Waals surface area contributed by atoms with Gasteiger partial charge in [-0.2, -0.15) is 9.97 Å². The van der Waals surface area contributed by atoms with Crippen LogP contribution in [-0.2, 0) is 0 Å². The molecule has 0 fully saturated rings. The van der Waals surface area contributed by atoms with E-state index in [1.54, 1.807) is 49.5 Å². The summed E-state index contributed by atoms with van der Waals surface area (Å²) in [5.74, 6) is -0.0391. The molecule has 3 aromatic rings. The fourth-order valence-electron chi connectivity index (χ4n) is 2.02. The molecule has 0 N–H and O–H groups in total. The Morgan fingerprint density at radius 1 is 1.04 bits per heavy atom. The van der Waals surface area contributed by atoms with Crippen molar-refractivity contribution >= 4 is 11.7 Å². The number of hydrogen-bond donors (Lipinski definition) is 0. The highest BCUT2D eigenvalue weighted by Gasteiger charge is 2.17. The van der Waals surface area contributed by atoms with E-state index in [0.717, 1.165) is 0 Å². The molecule has 6 nitrogen and oxygen atoms in total. The Bertz CT molecular complexity index is 866. The molecule has 24 heavy (non-hydrogen) atoms. The number of ketones is 1. The molecule has 0 bridgehead atoms. The quantitative estimate of drug-likeness (QED) is 0.686. The largest absolute Gasteiger partial charge is 0.347 e. The summed E-state index contributed by atoms with van der Waals surface area (Å²) in [5.41, 5.74) is 0.987. The Labute approximate surface area is 138 Å². The molecule has 0 aliphatic rings. The van der Waals surface area contributed by atoms with E-state index in [1.807, 2.05) is 0 Å². The van der Waals surface area contributed by atoms with Crippen molar-refractivity contribution in [1.82, 2.24) is 19.9 Å². The molecule has 0 unspecified atom stereocenters. The monoisotopic (exact) mass is 323 g/mol. The van der Waals surface area contributed by atoms with Gasteiger partial charge in [-0.1, -0.05) is 0 Å². The van der Waals surface area contributed by atoms with Crippen LogP contribution in [0.2, 0.25) is 0 Å². The van der Waals surface area contributed by atoms with Crippen molar-refractivity contribution in [2.75, 3.05) is 19.0 Å². The number of aromatic nitrogens is 4. The number of pyridine rings is 1. The van der Waals surface area contributed by atoms with Crippen LogP contribution in [0.15, 0.2) is 48.8 Å². The molecule has 2 aromatic heterocycles. The summed E-state index contributed by atoms with van der Waals surface area (Å²) in [6.07, 6.45) is 3.04. The molecular weight excluding hydrogens is 309 g/mol. The van der Waals surface area contributed by atoms with E-state index in [1.165, 1.54) is 18.3 Å². The molecule has 1 aromatic carbocycles. The van der Waals surface area contributed by atoms with E-state index < -0.39 is 0 Å². The fourth-order valence-corrected chi connectivity index (χ4v) is 2.02. The van der Waals surface area contributed by atoms with Gasteiger partial charge in [0, 0.05) is 37.6 Å². The van der Waals surface area contributed by atoms with Gasteiger partial charge in [-0.25, -0.2) is 9.37 Å². The number of rotatable bonds is 4. The minimum Gasteiger partial charge on any atom is -0.347 e. The summed E-state index contributed by atoms with van der Waals surface area (Å²) in [5, 5.41) is 0. The molecule has 0 saturated heterocycles. The van der Waals surface area contributed by atoms with Crippen LogP contribution in [0.4, 0.5) is 10.3 Å². The van der Waals surface area contributed by atoms with Crippen molar-refractivity contribution in [3.05, 3.63) is 66.0 Å². The van der Waals surface area contributed by atoms with Gasteiger partial charge in [0.15, 0.2) is 5.82 Å². The minimum absolute atomic E-state index is 0.0148. The first-order chi connectivity index (χ1) is 11.5. The van der Waals surface area contributed by atoms with Crippen LogP contribution in [0.5, 0.6) is 0 Å². The van der Waals surface area contributed by atoms with Crippen LogP contribution in [0.3, 0.4) is 0 Å². The molecule has 3 rings (SSSR count). The van der Waals surface area contributed by atoms with Gasteiger partial charge >= 0.3 is 0 Å². The van der Waals surface area contributed by atoms with Gasteiger partial charge < -0.3 is 4.90 Å². The molecule has 0 radical (unpaired) electrons. The van der Waals surface area contributed by atoms with Gasteiger partial charge in [-0.05, 0) is 36.4 Å². The first kappa shape index (κ1) is 15.7. The summed E-state index contributed by atoms with van der Waals surface area (Å²) in [4.78, 5) is 31.0. The van der Waals surface area contributed by atoms with Crippen molar-refractivity contribution in [3.8, 4) is 11.4 Å². The molecule has 0 aliphatic carbocycles. The van der Waals surface area contributed by atoms with Gasteiger partial charge in [-0.3, -0.25) is 9.78 Å². The Balaban J connectivity index is 2.09. The van der Waals surface area contributed by atoms with Crippen LogP contribution in [0, 0.1) is 5.82 Å². The second-order valence-electron chi connectivity index (χ2n) is 5.25. The molecule has 0 atom stereocenters. The summed E-state index contributed by atoms with van der Waals surface area (Å²) in [6.45, 7) is 0. The average molecular weight is 323 g/mol. The molecule has 7 heteroatoms. The van der Waals surface area contributed by atoms with Crippen LogP contribution in [0.25, 0.3) is 11.4 Å². The lowest BCUT2D eigenvalue weighted by Gasteiger charge is -2.12. The number of anilines is 1. The summed E-state index contributed by atoms with van der Waals surface area (Å²) >= 11 is 0. The summed E-state index contributed by atoms with van der Waals surface area (Å²) < 4.78 is 13.1. The maximum absolute atomic E-state index is 13.1. The molecule has 120 valence electrons. The molecular formula is C17H14FN5O. The number of halogens is 1. The molecule has 0 spiro atoms. The second-order valence-corrected chi connectivity index (χ2v) is 5.25. The lowest BCUT2D eigenvalue weighted by Crippen LogP contribution is -2.18. The van der Waals surface area contributed by atoms with Gasteiger partial charge in [-0.15, -0.1) is 0 Å². The predicted molar refractivity (Wildman–Crippen MR) is 87.2 cm³/mol. The van der Waals surface area contributed by atoms with Crippen molar-refractivity contribution in [2.45, 2.75) is 0 Å². The zero-order valence-corrected chi connectivity index (χ0v) is 13.1. The standard InChI is InChI=1S/C17H14FN5O/c1-23(2)17-21-15(11-5-7-13(18)8-6-11)20-16(22-17)14(24)12-4-3-9-19-10-12/h3-10H,1-2H3. The van der Waals surface area contributed by atoms with Gasteiger partial charge in [0.1, 0.15) is 5.82 Å². The van der Waals surface area contributed by atoms with Crippen LogP contribution < -0.4 is 4.90 Å². The SMILES string of the molecule is CN(C)c1nc(C(=O)c2cccnc2)nc(-c2ccc(F)cc2)n1. The van der Waals surface area contributed by atoms with E-state index >= 15 is 0 Å². The van der Waals surface area contributed by atoms with Crippen molar-refractivity contribution in [3.63, 3.8) is 0 Å². The van der Waals surface area contributed by atoms with Gasteiger partial charge in [0.25, 0.3) is 0 Å². The molecule has 0 aliphatic heterocycles. The first-order valence-corrected chi connectivity index (χ1v) is 7.18. The molecule has 0 amide bonds. The number of carbonyl (C=O) groups excluding carboxylic acids is 1. The lowest BCUT2D eigenvalue weighted by molar-refractivity contribution is 0.102. The zero-order valence-electron chi connectivity index (χ0n) is 13.1. The molecule has 0 saturated carbocycles. The third kappa shape index (κ3) is 3.24. The van der Waals surface area contributed by atoms with E-state index in [2.05, 4.69) is 19.9 Å². The molecule has 2 heterocycles. The number of nitrogens with zero attached hydrogens (tertiary/aromatic N) is 5. The van der Waals surface area contributed by atoms with E-state index in [4.69, 9.17) is 0 Å². The smallest absolute Gasteiger partial charge is 0.231 e. The third-order valence-corrected chi connectivity index (χ3v) is 3.25. The topological polar surface area (TPSA) is 71.9 Å². The first-order valence-electron chi connectivity index (χ1n) is 7.18. The number of benzene rings is 1. The Kier molecular flexibility index (Phi) is 4.24. The highest BCUT2D eigenvalue weighted by atomic mass is 19.1. The van der Waals surface area contributed by atoms with Crippen LogP contribution in [-0.4, -0.2) is 39.8 Å². The van der Waals surface area contributed by atoms with E-state index in [9.17, 15) is 9.18 Å². The maximum atomic E-state index is 13.1. The van der Waals surface area contributed by atoms with Crippen molar-refractivity contribution < 1.29 is 9.18 Å². The van der Waals surface area contributed by atoms with Crippen LogP contribution in [0.1, 0.15) is 16.2 Å². The normalized spacial score (nSPS) is 10.5. The predicted octanol–water partition coefficient (Wildman–Crippen LogP) is 2.37. The minimum atomic E-state index is -0.354. The number of carbonyl (C=O) groups is 1. The maximum Gasteiger partial charge on any atom is 0.231 e. The average Bonchev–Trinajstić information content (AvgIpc) is 2.62. The fraction of sp³-hybridized carbons (Fsp3) is 0.118. The summed E-state index contributed by atoms with van der Waals surface area (Å²) in [7, 11) is 3.53. The Morgan fingerprint density at radius 2 is 1.79 bits per heavy atom. The van der Waals surface area contributed by atoms with Gasteiger partial charge in [0.2, 0.25) is 17.6 Å². The number of hydrogen-bond acceptors (Lipinski definition) is 6. The Hall–Kier alpha value is -3.22. The van der Waals surface area contributed by atoms with Crippen molar-refractivity contribution in [2.24, 2.45) is 0 Å². The Morgan fingerprint density at radius 3 is 2.42 bits per heavy atom. The lowest BCUT2D eigenvalue weighted by atomic mass is 10.1. The third-order valence-electron chi connectivity index (χ3n) is 3.25.